The van der Waals surface area contributed by atoms with Crippen molar-refractivity contribution in [1.82, 2.24) is 0 Å². The maximum absolute atomic E-state index is 11.5. The van der Waals surface area contributed by atoms with Crippen molar-refractivity contribution in [1.29, 1.82) is 0 Å². The number of hydrogen-bond acceptors (Lipinski definition) is 3. The first-order valence-corrected chi connectivity index (χ1v) is 7.36. The molecule has 0 aromatic heterocycles. The lowest BCUT2D eigenvalue weighted by atomic mass is 10.0. The molecule has 0 radical (unpaired) electrons. The third-order valence-corrected chi connectivity index (χ3v) is 4.17. The summed E-state index contributed by atoms with van der Waals surface area (Å²) in [4.78, 5) is 13.0. The Kier molecular flexibility index (Phi) is 3.80. The van der Waals surface area contributed by atoms with Crippen LogP contribution >= 0.6 is 0 Å². The summed E-state index contributed by atoms with van der Waals surface area (Å²) in [7, 11) is 2.17. The molecule has 1 aliphatic heterocycles. The number of carboxylic acid groups (broad SMARTS) is 1. The van der Waals surface area contributed by atoms with Gasteiger partial charge in [-0.1, -0.05) is 30.3 Å². The molecule has 0 unspecified atom stereocenters. The lowest BCUT2D eigenvalue weighted by molar-refractivity contribution is -0.885. The van der Waals surface area contributed by atoms with E-state index < -0.39 is 5.97 Å². The van der Waals surface area contributed by atoms with Crippen LogP contribution < -0.4 is 14.7 Å². The van der Waals surface area contributed by atoms with Gasteiger partial charge in [0, 0.05) is 18.4 Å². The number of ether oxygens (including phenoxy) is 1. The minimum absolute atomic E-state index is 0.0907. The van der Waals surface area contributed by atoms with Crippen LogP contribution in [0.2, 0.25) is 0 Å². The van der Waals surface area contributed by atoms with E-state index in [0.29, 0.717) is 11.1 Å². The van der Waals surface area contributed by atoms with Crippen LogP contribution in [0.1, 0.15) is 23.2 Å². The lowest BCUT2D eigenvalue weighted by Gasteiger charge is -2.28. The highest BCUT2D eigenvalue weighted by atomic mass is 16.5. The molecule has 2 aromatic rings. The Balaban J connectivity index is 1.94. The molecule has 1 heterocycles. The topological polar surface area (TPSA) is 53.8 Å². The van der Waals surface area contributed by atoms with Gasteiger partial charge in [-0.15, -0.1) is 0 Å². The Bertz CT molecular complexity index is 660. The number of benzene rings is 2. The molecule has 1 aliphatic rings. The number of likely N-dealkylation sites (tertiary alicyclic amines) is 1. The molecule has 3 rings (SSSR count). The Labute approximate surface area is 123 Å². The van der Waals surface area contributed by atoms with Crippen molar-refractivity contribution in [3.05, 3.63) is 42.0 Å². The fourth-order valence-corrected chi connectivity index (χ4v) is 2.94. The predicted molar refractivity (Wildman–Crippen MR) is 78.5 cm³/mol. The third kappa shape index (κ3) is 2.85. The zero-order valence-electron chi connectivity index (χ0n) is 12.1. The number of quaternary nitrogens is 1. The minimum Gasteiger partial charge on any atom is -0.545 e. The first-order chi connectivity index (χ1) is 10.1. The second-order valence-corrected chi connectivity index (χ2v) is 5.72. The zero-order valence-corrected chi connectivity index (χ0v) is 12.1. The van der Waals surface area contributed by atoms with Gasteiger partial charge in [0.05, 0.1) is 26.1 Å². The molecule has 4 nitrogen and oxygen atoms in total. The number of piperidine rings is 1. The molecule has 1 fully saturated rings. The van der Waals surface area contributed by atoms with Crippen LogP contribution in [0.5, 0.6) is 5.75 Å². The highest BCUT2D eigenvalue weighted by Gasteiger charge is 2.22. The van der Waals surface area contributed by atoms with E-state index in [0.717, 1.165) is 31.3 Å². The number of carbonyl (C=O) groups excluding carboxylic acids is 1. The summed E-state index contributed by atoms with van der Waals surface area (Å²) in [6.45, 7) is 2.11. The summed E-state index contributed by atoms with van der Waals surface area (Å²) in [5.74, 6) is -0.751. The van der Waals surface area contributed by atoms with E-state index in [1.54, 1.807) is 12.1 Å². The first kappa shape index (κ1) is 13.9. The molecule has 1 saturated heterocycles. The number of carbonyl (C=O) groups is 1. The molecule has 2 aromatic carbocycles. The lowest BCUT2D eigenvalue weighted by Crippen LogP contribution is -3.10. The normalized spacial score (nSPS) is 22.1. The number of rotatable bonds is 3. The maximum atomic E-state index is 11.5. The Morgan fingerprint density at radius 3 is 2.62 bits per heavy atom. The van der Waals surface area contributed by atoms with E-state index >= 15 is 0 Å². The molecule has 0 amide bonds. The van der Waals surface area contributed by atoms with Crippen molar-refractivity contribution in [3.63, 3.8) is 0 Å². The van der Waals surface area contributed by atoms with Gasteiger partial charge in [-0.25, -0.2) is 0 Å². The van der Waals surface area contributed by atoms with Crippen molar-refractivity contribution in [2.24, 2.45) is 0 Å². The number of hydrogen-bond donors (Lipinski definition) is 1. The number of aromatic carboxylic acids is 1. The third-order valence-electron chi connectivity index (χ3n) is 4.17. The summed E-state index contributed by atoms with van der Waals surface area (Å²) in [5, 5.41) is 13.1. The maximum Gasteiger partial charge on any atom is 0.129 e. The summed E-state index contributed by atoms with van der Waals surface area (Å²) >= 11 is 0. The second-order valence-electron chi connectivity index (χ2n) is 5.72. The van der Waals surface area contributed by atoms with Crippen molar-refractivity contribution in [2.45, 2.75) is 18.9 Å². The molecule has 0 spiro atoms. The van der Waals surface area contributed by atoms with E-state index in [1.807, 2.05) is 24.3 Å². The van der Waals surface area contributed by atoms with Crippen molar-refractivity contribution < 1.29 is 19.5 Å². The van der Waals surface area contributed by atoms with E-state index in [9.17, 15) is 9.90 Å². The average molecular weight is 285 g/mol. The van der Waals surface area contributed by atoms with Gasteiger partial charge >= 0.3 is 0 Å². The van der Waals surface area contributed by atoms with Gasteiger partial charge in [0.2, 0.25) is 0 Å². The monoisotopic (exact) mass is 285 g/mol. The quantitative estimate of drug-likeness (QED) is 0.880. The Morgan fingerprint density at radius 2 is 1.90 bits per heavy atom. The van der Waals surface area contributed by atoms with Crippen molar-refractivity contribution in [3.8, 4) is 5.75 Å². The summed E-state index contributed by atoms with van der Waals surface area (Å²) in [5.41, 5.74) is 0.166. The molecule has 0 atom stereocenters. The van der Waals surface area contributed by atoms with E-state index in [4.69, 9.17) is 4.74 Å². The minimum atomic E-state index is -1.18. The summed E-state index contributed by atoms with van der Waals surface area (Å²) in [6, 6.07) is 11.1. The van der Waals surface area contributed by atoms with Crippen LogP contribution in [0.15, 0.2) is 36.4 Å². The molecular weight excluding hydrogens is 266 g/mol. The molecular formula is C17H19NO3. The molecule has 21 heavy (non-hydrogen) atoms. The van der Waals surface area contributed by atoms with E-state index in [-0.39, 0.29) is 11.7 Å². The number of nitrogens with one attached hydrogen (secondary N) is 1. The highest BCUT2D eigenvalue weighted by Crippen LogP contribution is 2.29. The van der Waals surface area contributed by atoms with Gasteiger partial charge in [-0.3, -0.25) is 0 Å². The fourth-order valence-electron chi connectivity index (χ4n) is 2.94. The smallest absolute Gasteiger partial charge is 0.129 e. The molecule has 0 saturated carbocycles. The highest BCUT2D eigenvalue weighted by molar-refractivity contribution is 6.05. The Morgan fingerprint density at radius 1 is 1.19 bits per heavy atom. The van der Waals surface area contributed by atoms with Crippen LogP contribution in [-0.4, -0.2) is 32.2 Å². The first-order valence-electron chi connectivity index (χ1n) is 7.36. The number of fused-ring (bicyclic) bond motifs is 1. The molecule has 0 bridgehead atoms. The van der Waals surface area contributed by atoms with Gasteiger partial charge in [-0.05, 0) is 16.8 Å². The molecule has 4 heteroatoms. The fraction of sp³-hybridized carbons (Fsp3) is 0.353. The average Bonchev–Trinajstić information content (AvgIpc) is 2.49. The van der Waals surface area contributed by atoms with Crippen LogP contribution in [0.25, 0.3) is 10.8 Å². The van der Waals surface area contributed by atoms with Gasteiger partial charge in [0.15, 0.2) is 0 Å². The molecule has 0 aliphatic carbocycles. The van der Waals surface area contributed by atoms with Crippen LogP contribution in [0.4, 0.5) is 0 Å². The molecule has 110 valence electrons. The van der Waals surface area contributed by atoms with Crippen LogP contribution in [-0.2, 0) is 0 Å². The SMILES string of the molecule is C[NH+]1CCC(Oc2ccc3ccccc3c2C(=O)[O-])CC1. The van der Waals surface area contributed by atoms with Crippen LogP contribution in [0.3, 0.4) is 0 Å². The van der Waals surface area contributed by atoms with Gasteiger partial charge in [0.1, 0.15) is 11.9 Å². The van der Waals surface area contributed by atoms with E-state index in [1.165, 1.54) is 4.90 Å². The van der Waals surface area contributed by atoms with Gasteiger partial charge < -0.3 is 19.5 Å². The van der Waals surface area contributed by atoms with Crippen molar-refractivity contribution >= 4 is 16.7 Å². The summed E-state index contributed by atoms with van der Waals surface area (Å²) < 4.78 is 5.97. The standard InChI is InChI=1S/C17H19NO3/c1-18-10-8-13(9-11-18)21-15-7-6-12-4-2-3-5-14(12)16(15)17(19)20/h2-7,13H,8-11H2,1H3,(H,19,20). The Hall–Kier alpha value is -2.07. The van der Waals surface area contributed by atoms with Crippen LogP contribution in [0, 0.1) is 0 Å². The second kappa shape index (κ2) is 5.74. The largest absolute Gasteiger partial charge is 0.545 e. The van der Waals surface area contributed by atoms with Gasteiger partial charge in [0.25, 0.3) is 0 Å². The summed E-state index contributed by atoms with van der Waals surface area (Å²) in [6.07, 6.45) is 1.99. The number of carboxylic acids is 1. The van der Waals surface area contributed by atoms with Gasteiger partial charge in [-0.2, -0.15) is 0 Å². The molecule has 1 N–H and O–H groups in total. The zero-order chi connectivity index (χ0) is 14.8. The predicted octanol–water partition coefficient (Wildman–Crippen LogP) is 0.259. The van der Waals surface area contributed by atoms with E-state index in [2.05, 4.69) is 7.05 Å². The van der Waals surface area contributed by atoms with Crippen molar-refractivity contribution in [2.75, 3.05) is 20.1 Å².